The van der Waals surface area contributed by atoms with Crippen LogP contribution >= 0.6 is 0 Å². The number of amides is 1. The standard InChI is InChI=1S/C15H23NO9/c1-7(17)16-12-14(24-10(4)20)13(23-9(3)19)11(6-22-8(2)18)25-15(12)21-5/h11-15H,6H2,1-5H3,(H,16,17)/t11-,12+,13-,14-,15+/m1/s1. The van der Waals surface area contributed by atoms with Crippen LogP contribution in [-0.4, -0.2) is 68.2 Å². The Bertz CT molecular complexity index is 521. The van der Waals surface area contributed by atoms with Crippen molar-refractivity contribution in [2.45, 2.75) is 58.3 Å². The van der Waals surface area contributed by atoms with E-state index in [0.717, 1.165) is 0 Å². The van der Waals surface area contributed by atoms with Gasteiger partial charge in [0.15, 0.2) is 18.5 Å². The fourth-order valence-electron chi connectivity index (χ4n) is 2.49. The van der Waals surface area contributed by atoms with Crippen LogP contribution in [0.1, 0.15) is 27.7 Å². The monoisotopic (exact) mass is 361 g/mol. The zero-order valence-electron chi connectivity index (χ0n) is 14.8. The molecule has 142 valence electrons. The minimum atomic E-state index is -1.11. The largest absolute Gasteiger partial charge is 0.463 e. The van der Waals surface area contributed by atoms with Gasteiger partial charge in [-0.05, 0) is 0 Å². The summed E-state index contributed by atoms with van der Waals surface area (Å²) in [6, 6.07) is -0.927. The van der Waals surface area contributed by atoms with Crippen molar-refractivity contribution in [3.05, 3.63) is 0 Å². The maximum Gasteiger partial charge on any atom is 0.303 e. The number of rotatable bonds is 6. The summed E-state index contributed by atoms with van der Waals surface area (Å²) in [7, 11) is 1.33. The molecule has 1 aliphatic rings. The van der Waals surface area contributed by atoms with E-state index in [1.54, 1.807) is 0 Å². The van der Waals surface area contributed by atoms with Gasteiger partial charge in [-0.25, -0.2) is 0 Å². The summed E-state index contributed by atoms with van der Waals surface area (Å²) in [5.74, 6) is -2.29. The first-order valence-electron chi connectivity index (χ1n) is 7.58. The molecule has 25 heavy (non-hydrogen) atoms. The normalized spacial score (nSPS) is 28.6. The van der Waals surface area contributed by atoms with Crippen molar-refractivity contribution >= 4 is 23.8 Å². The average molecular weight is 361 g/mol. The lowest BCUT2D eigenvalue weighted by atomic mass is 9.96. The molecule has 0 aromatic carbocycles. The summed E-state index contributed by atoms with van der Waals surface area (Å²) in [6.07, 6.45) is -4.17. The Balaban J connectivity index is 3.18. The first kappa shape index (κ1) is 20.8. The van der Waals surface area contributed by atoms with Crippen molar-refractivity contribution < 1.29 is 42.9 Å². The number of nitrogens with one attached hydrogen (secondary N) is 1. The van der Waals surface area contributed by atoms with Crippen LogP contribution in [0, 0.1) is 0 Å². The minimum absolute atomic E-state index is 0.252. The van der Waals surface area contributed by atoms with Crippen LogP contribution in [-0.2, 0) is 42.9 Å². The van der Waals surface area contributed by atoms with Crippen molar-refractivity contribution in [3.63, 3.8) is 0 Å². The van der Waals surface area contributed by atoms with E-state index in [1.165, 1.54) is 34.8 Å². The molecular weight excluding hydrogens is 338 g/mol. The number of carbonyl (C=O) groups is 4. The van der Waals surface area contributed by atoms with E-state index < -0.39 is 54.5 Å². The predicted octanol–water partition coefficient (Wildman–Crippen LogP) is -0.711. The first-order valence-corrected chi connectivity index (χ1v) is 7.58. The summed E-state index contributed by atoms with van der Waals surface area (Å²) >= 11 is 0. The van der Waals surface area contributed by atoms with E-state index in [4.69, 9.17) is 23.7 Å². The second-order valence-corrected chi connectivity index (χ2v) is 5.46. The van der Waals surface area contributed by atoms with Crippen LogP contribution in [0.3, 0.4) is 0 Å². The number of methoxy groups -OCH3 is 1. The van der Waals surface area contributed by atoms with Crippen LogP contribution in [0.15, 0.2) is 0 Å². The van der Waals surface area contributed by atoms with Gasteiger partial charge < -0.3 is 29.0 Å². The molecule has 10 nitrogen and oxygen atoms in total. The molecule has 0 spiro atoms. The van der Waals surface area contributed by atoms with Gasteiger partial charge in [0.2, 0.25) is 5.91 Å². The van der Waals surface area contributed by atoms with Crippen LogP contribution < -0.4 is 5.32 Å². The minimum Gasteiger partial charge on any atom is -0.463 e. The zero-order valence-corrected chi connectivity index (χ0v) is 14.8. The quantitative estimate of drug-likeness (QED) is 0.482. The summed E-state index contributed by atoms with van der Waals surface area (Å²) in [5.41, 5.74) is 0. The Morgan fingerprint density at radius 2 is 1.48 bits per heavy atom. The van der Waals surface area contributed by atoms with Crippen LogP contribution in [0.4, 0.5) is 0 Å². The number of hydrogen-bond donors (Lipinski definition) is 1. The van der Waals surface area contributed by atoms with Crippen LogP contribution in [0.2, 0.25) is 0 Å². The predicted molar refractivity (Wildman–Crippen MR) is 81.0 cm³/mol. The summed E-state index contributed by atoms with van der Waals surface area (Å²) < 4.78 is 26.2. The highest BCUT2D eigenvalue weighted by atomic mass is 16.7. The van der Waals surface area contributed by atoms with Crippen molar-refractivity contribution in [3.8, 4) is 0 Å². The van der Waals surface area contributed by atoms with Gasteiger partial charge in [-0.1, -0.05) is 0 Å². The van der Waals surface area contributed by atoms with Crippen molar-refractivity contribution in [2.24, 2.45) is 0 Å². The maximum absolute atomic E-state index is 11.5. The van der Waals surface area contributed by atoms with Gasteiger partial charge in [-0.3, -0.25) is 19.2 Å². The lowest BCUT2D eigenvalue weighted by Crippen LogP contribution is -2.66. The second-order valence-electron chi connectivity index (χ2n) is 5.46. The van der Waals surface area contributed by atoms with Gasteiger partial charge in [0.1, 0.15) is 18.8 Å². The van der Waals surface area contributed by atoms with E-state index in [1.807, 2.05) is 0 Å². The van der Waals surface area contributed by atoms with Crippen LogP contribution in [0.25, 0.3) is 0 Å². The third-order valence-electron chi connectivity index (χ3n) is 3.30. The van der Waals surface area contributed by atoms with Gasteiger partial charge >= 0.3 is 17.9 Å². The fraction of sp³-hybridized carbons (Fsp3) is 0.733. The molecule has 0 aromatic rings. The third kappa shape index (κ3) is 6.31. The van der Waals surface area contributed by atoms with Crippen molar-refractivity contribution in [1.29, 1.82) is 0 Å². The summed E-state index contributed by atoms with van der Waals surface area (Å²) in [4.78, 5) is 45.5. The van der Waals surface area contributed by atoms with Crippen LogP contribution in [0.5, 0.6) is 0 Å². The summed E-state index contributed by atoms with van der Waals surface area (Å²) in [6.45, 7) is 4.57. The molecule has 0 unspecified atom stereocenters. The third-order valence-corrected chi connectivity index (χ3v) is 3.30. The SMILES string of the molecule is CO[C@H]1O[C@H](COC(C)=O)[C@@H](OC(C)=O)[C@H](OC(C)=O)[C@@H]1NC(C)=O. The highest BCUT2D eigenvalue weighted by Gasteiger charge is 2.50. The molecule has 0 radical (unpaired) electrons. The Labute approximate surface area is 145 Å². The highest BCUT2D eigenvalue weighted by molar-refractivity contribution is 5.73. The fourth-order valence-corrected chi connectivity index (χ4v) is 2.49. The van der Waals surface area contributed by atoms with Gasteiger partial charge in [-0.15, -0.1) is 0 Å². The molecule has 0 bridgehead atoms. The average Bonchev–Trinajstić information content (AvgIpc) is 2.48. The number of carbonyl (C=O) groups excluding carboxylic acids is 4. The Kier molecular flexibility index (Phi) is 7.78. The van der Waals surface area contributed by atoms with E-state index >= 15 is 0 Å². The molecule has 1 heterocycles. The highest BCUT2D eigenvalue weighted by Crippen LogP contribution is 2.27. The van der Waals surface area contributed by atoms with Crippen molar-refractivity contribution in [1.82, 2.24) is 5.32 Å². The molecule has 1 saturated heterocycles. The molecule has 1 N–H and O–H groups in total. The number of ether oxygens (including phenoxy) is 5. The number of esters is 3. The first-order chi connectivity index (χ1) is 11.6. The van der Waals surface area contributed by atoms with Crippen molar-refractivity contribution in [2.75, 3.05) is 13.7 Å². The molecule has 10 heteroatoms. The molecular formula is C15H23NO9. The topological polar surface area (TPSA) is 126 Å². The van der Waals surface area contributed by atoms with Gasteiger partial charge in [0, 0.05) is 34.8 Å². The molecule has 0 saturated carbocycles. The van der Waals surface area contributed by atoms with E-state index in [0.29, 0.717) is 0 Å². The molecule has 1 fully saturated rings. The Morgan fingerprint density at radius 3 is 1.92 bits per heavy atom. The second kappa shape index (κ2) is 9.33. The molecule has 1 rings (SSSR count). The van der Waals surface area contributed by atoms with E-state index in [-0.39, 0.29) is 6.61 Å². The molecule has 5 atom stereocenters. The maximum atomic E-state index is 11.5. The Hall–Kier alpha value is -2.20. The van der Waals surface area contributed by atoms with Gasteiger partial charge in [0.25, 0.3) is 0 Å². The van der Waals surface area contributed by atoms with Gasteiger partial charge in [-0.2, -0.15) is 0 Å². The van der Waals surface area contributed by atoms with E-state index in [9.17, 15) is 19.2 Å². The molecule has 1 amide bonds. The zero-order chi connectivity index (χ0) is 19.1. The molecule has 0 aliphatic carbocycles. The Morgan fingerprint density at radius 1 is 0.920 bits per heavy atom. The van der Waals surface area contributed by atoms with Gasteiger partial charge in [0.05, 0.1) is 0 Å². The number of hydrogen-bond acceptors (Lipinski definition) is 9. The summed E-state index contributed by atoms with van der Waals surface area (Å²) in [5, 5.41) is 2.56. The lowest BCUT2D eigenvalue weighted by molar-refractivity contribution is -0.271. The smallest absolute Gasteiger partial charge is 0.303 e. The van der Waals surface area contributed by atoms with E-state index in [2.05, 4.69) is 5.32 Å². The molecule has 1 aliphatic heterocycles. The lowest BCUT2D eigenvalue weighted by Gasteiger charge is -2.44. The molecule has 0 aromatic heterocycles.